The highest BCUT2D eigenvalue weighted by molar-refractivity contribution is 6.02. The number of hydrogen-bond acceptors (Lipinski definition) is 5. The second kappa shape index (κ2) is 11.1. The van der Waals surface area contributed by atoms with Crippen molar-refractivity contribution < 1.29 is 19.1 Å². The van der Waals surface area contributed by atoms with Gasteiger partial charge in [-0.15, -0.1) is 0 Å². The molecule has 4 rings (SSSR count). The van der Waals surface area contributed by atoms with Crippen molar-refractivity contribution >= 4 is 29.2 Å². The number of carbonyl (C=O) groups excluding carboxylic acids is 3. The Hall–Kier alpha value is -2.81. The minimum absolute atomic E-state index is 0.0415. The van der Waals surface area contributed by atoms with Crippen LogP contribution >= 0.6 is 0 Å². The normalized spacial score (nSPS) is 19.4. The van der Waals surface area contributed by atoms with E-state index in [2.05, 4.69) is 15.5 Å². The highest BCUT2D eigenvalue weighted by Gasteiger charge is 2.28. The Labute approximate surface area is 201 Å². The predicted molar refractivity (Wildman–Crippen MR) is 131 cm³/mol. The fourth-order valence-electron chi connectivity index (χ4n) is 4.92. The third kappa shape index (κ3) is 5.81. The first-order valence-electron chi connectivity index (χ1n) is 12.5. The second-order valence-electron chi connectivity index (χ2n) is 9.69. The number of benzene rings is 1. The van der Waals surface area contributed by atoms with Crippen LogP contribution in [-0.4, -0.2) is 86.2 Å². The van der Waals surface area contributed by atoms with Gasteiger partial charge in [0.15, 0.2) is 0 Å². The van der Waals surface area contributed by atoms with Crippen LogP contribution < -0.4 is 15.5 Å². The van der Waals surface area contributed by atoms with E-state index in [0.717, 1.165) is 31.4 Å². The molecule has 9 nitrogen and oxygen atoms in total. The van der Waals surface area contributed by atoms with Gasteiger partial charge in [-0.25, -0.2) is 4.79 Å². The number of nitrogens with zero attached hydrogens (tertiary/aromatic N) is 3. The average molecular weight is 472 g/mol. The maximum Gasteiger partial charge on any atom is 0.317 e. The predicted octanol–water partition coefficient (Wildman–Crippen LogP) is 2.53. The smallest absolute Gasteiger partial charge is 0.317 e. The Morgan fingerprint density at radius 3 is 2.26 bits per heavy atom. The molecule has 2 heterocycles. The fraction of sp³-hybridized carbons (Fsp3) is 0.640. The molecule has 2 aliphatic heterocycles. The molecule has 34 heavy (non-hydrogen) atoms. The highest BCUT2D eigenvalue weighted by atomic mass is 16.5. The van der Waals surface area contributed by atoms with Crippen molar-refractivity contribution in [2.45, 2.75) is 45.6 Å². The third-order valence-electron chi connectivity index (χ3n) is 6.84. The van der Waals surface area contributed by atoms with E-state index < -0.39 is 0 Å². The quantitative estimate of drug-likeness (QED) is 0.688. The fourth-order valence-corrected chi connectivity index (χ4v) is 4.92. The zero-order chi connectivity index (χ0) is 24.1. The summed E-state index contributed by atoms with van der Waals surface area (Å²) in [5, 5.41) is 5.98. The summed E-state index contributed by atoms with van der Waals surface area (Å²) in [5.74, 6) is 0.0539. The van der Waals surface area contributed by atoms with E-state index in [1.54, 1.807) is 0 Å². The molecule has 2 N–H and O–H groups in total. The Bertz CT molecular complexity index is 885. The molecule has 186 valence electrons. The highest BCUT2D eigenvalue weighted by Crippen LogP contribution is 2.30. The molecule has 1 aliphatic carbocycles. The van der Waals surface area contributed by atoms with E-state index >= 15 is 0 Å². The number of ether oxygens (including phenoxy) is 1. The summed E-state index contributed by atoms with van der Waals surface area (Å²) in [6.07, 6.45) is 4.05. The first-order valence-corrected chi connectivity index (χ1v) is 12.5. The molecule has 0 atom stereocenters. The molecule has 0 radical (unpaired) electrons. The SMILES string of the molecule is CC(C)NC(=O)N1CCN(c2ccc(NC(=O)C3CCCC3)cc2C(=O)N2CCOCC2)CC1. The third-order valence-corrected chi connectivity index (χ3v) is 6.84. The molecule has 1 aromatic rings. The number of nitrogens with one attached hydrogen (secondary N) is 2. The Morgan fingerprint density at radius 2 is 1.62 bits per heavy atom. The van der Waals surface area contributed by atoms with Gasteiger partial charge in [-0.3, -0.25) is 9.59 Å². The summed E-state index contributed by atoms with van der Waals surface area (Å²) in [7, 11) is 0. The maximum absolute atomic E-state index is 13.5. The first-order chi connectivity index (χ1) is 16.4. The molecule has 9 heteroatoms. The van der Waals surface area contributed by atoms with E-state index in [9.17, 15) is 14.4 Å². The van der Waals surface area contributed by atoms with Crippen LogP contribution in [0.1, 0.15) is 49.9 Å². The van der Waals surface area contributed by atoms with Crippen LogP contribution in [-0.2, 0) is 9.53 Å². The van der Waals surface area contributed by atoms with Gasteiger partial charge < -0.3 is 30.1 Å². The molecule has 1 saturated carbocycles. The van der Waals surface area contributed by atoms with E-state index in [4.69, 9.17) is 4.74 Å². The maximum atomic E-state index is 13.5. The number of hydrogen-bond donors (Lipinski definition) is 2. The molecule has 0 bridgehead atoms. The lowest BCUT2D eigenvalue weighted by Gasteiger charge is -2.37. The minimum Gasteiger partial charge on any atom is -0.378 e. The average Bonchev–Trinajstić information content (AvgIpc) is 3.39. The van der Waals surface area contributed by atoms with Crippen molar-refractivity contribution in [3.8, 4) is 0 Å². The molecule has 3 fully saturated rings. The van der Waals surface area contributed by atoms with Crippen molar-refractivity contribution in [2.75, 3.05) is 62.7 Å². The zero-order valence-corrected chi connectivity index (χ0v) is 20.3. The molecule has 0 aromatic heterocycles. The van der Waals surface area contributed by atoms with Crippen molar-refractivity contribution in [3.63, 3.8) is 0 Å². The van der Waals surface area contributed by atoms with Gasteiger partial charge >= 0.3 is 6.03 Å². The lowest BCUT2D eigenvalue weighted by atomic mass is 10.1. The van der Waals surface area contributed by atoms with Gasteiger partial charge in [-0.1, -0.05) is 12.8 Å². The van der Waals surface area contributed by atoms with E-state index in [0.29, 0.717) is 63.7 Å². The number of piperazine rings is 1. The molecule has 1 aromatic carbocycles. The molecule has 3 aliphatic rings. The summed E-state index contributed by atoms with van der Waals surface area (Å²) >= 11 is 0. The molecule has 0 spiro atoms. The van der Waals surface area contributed by atoms with E-state index in [1.165, 1.54) is 0 Å². The zero-order valence-electron chi connectivity index (χ0n) is 20.3. The number of rotatable bonds is 5. The van der Waals surface area contributed by atoms with Gasteiger partial charge in [-0.05, 0) is 44.9 Å². The van der Waals surface area contributed by atoms with Gasteiger partial charge in [0.1, 0.15) is 0 Å². The van der Waals surface area contributed by atoms with Gasteiger partial charge in [0, 0.05) is 62.6 Å². The van der Waals surface area contributed by atoms with Crippen LogP contribution in [0.2, 0.25) is 0 Å². The number of urea groups is 1. The summed E-state index contributed by atoms with van der Waals surface area (Å²) in [6.45, 7) is 8.53. The van der Waals surface area contributed by atoms with Crippen LogP contribution in [0.4, 0.5) is 16.2 Å². The standard InChI is InChI=1S/C25H37N5O4/c1-18(2)26-25(33)30-11-9-28(10-12-30)22-8-7-20(27-23(31)19-5-3-4-6-19)17-21(22)24(32)29-13-15-34-16-14-29/h7-8,17-19H,3-6,9-16H2,1-2H3,(H,26,33)(H,27,31). The van der Waals surface area contributed by atoms with Crippen LogP contribution in [0.25, 0.3) is 0 Å². The number of carbonyl (C=O) groups is 3. The first kappa shape index (κ1) is 24.3. The van der Waals surface area contributed by atoms with Crippen molar-refractivity contribution in [1.29, 1.82) is 0 Å². The molecule has 2 saturated heterocycles. The van der Waals surface area contributed by atoms with Crippen LogP contribution in [0, 0.1) is 5.92 Å². The van der Waals surface area contributed by atoms with Crippen LogP contribution in [0.3, 0.4) is 0 Å². The topological polar surface area (TPSA) is 94.2 Å². The van der Waals surface area contributed by atoms with Crippen molar-refractivity contribution in [3.05, 3.63) is 23.8 Å². The lowest BCUT2D eigenvalue weighted by molar-refractivity contribution is -0.119. The minimum atomic E-state index is -0.0516. The Balaban J connectivity index is 1.51. The second-order valence-corrected chi connectivity index (χ2v) is 9.69. The summed E-state index contributed by atoms with van der Waals surface area (Å²) < 4.78 is 5.42. The van der Waals surface area contributed by atoms with Crippen molar-refractivity contribution in [1.82, 2.24) is 15.1 Å². The molecular weight excluding hydrogens is 434 g/mol. The largest absolute Gasteiger partial charge is 0.378 e. The Kier molecular flexibility index (Phi) is 7.92. The number of morpholine rings is 1. The monoisotopic (exact) mass is 471 g/mol. The summed E-state index contributed by atoms with van der Waals surface area (Å²) in [4.78, 5) is 44.4. The summed E-state index contributed by atoms with van der Waals surface area (Å²) in [5.41, 5.74) is 2.10. The van der Waals surface area contributed by atoms with Gasteiger partial charge in [0.25, 0.3) is 5.91 Å². The van der Waals surface area contributed by atoms with Gasteiger partial charge in [-0.2, -0.15) is 0 Å². The Morgan fingerprint density at radius 1 is 0.941 bits per heavy atom. The molecule has 0 unspecified atom stereocenters. The van der Waals surface area contributed by atoms with E-state index in [1.807, 2.05) is 41.8 Å². The van der Waals surface area contributed by atoms with Crippen LogP contribution in [0.15, 0.2) is 18.2 Å². The lowest BCUT2D eigenvalue weighted by Crippen LogP contribution is -2.53. The van der Waals surface area contributed by atoms with Crippen LogP contribution in [0.5, 0.6) is 0 Å². The number of amides is 4. The molecular formula is C25H37N5O4. The number of anilines is 2. The summed E-state index contributed by atoms with van der Waals surface area (Å²) in [6, 6.07) is 5.68. The van der Waals surface area contributed by atoms with Crippen molar-refractivity contribution in [2.24, 2.45) is 5.92 Å². The molecule has 4 amide bonds. The van der Waals surface area contributed by atoms with Gasteiger partial charge in [0.2, 0.25) is 5.91 Å². The van der Waals surface area contributed by atoms with E-state index in [-0.39, 0.29) is 29.8 Å². The van der Waals surface area contributed by atoms with Gasteiger partial charge in [0.05, 0.1) is 18.8 Å².